The molecule has 0 aromatic heterocycles. The number of rotatable bonds is 4. The maximum atomic E-state index is 12.4. The number of hydrogen-bond donors (Lipinski definition) is 2. The van der Waals surface area contributed by atoms with Crippen LogP contribution in [0.15, 0.2) is 30.3 Å². The first-order chi connectivity index (χ1) is 11.5. The van der Waals surface area contributed by atoms with Gasteiger partial charge in [0.25, 0.3) is 5.91 Å². The minimum atomic E-state index is -0.395. The molecule has 1 unspecified atom stereocenters. The second-order valence-electron chi connectivity index (χ2n) is 5.52. The number of hydrogen-bond acceptors (Lipinski definition) is 4. The first-order valence-electron chi connectivity index (χ1n) is 7.72. The van der Waals surface area contributed by atoms with E-state index < -0.39 is 6.17 Å². The van der Waals surface area contributed by atoms with Crippen LogP contribution < -0.4 is 20.1 Å². The van der Waals surface area contributed by atoms with Gasteiger partial charge in [-0.2, -0.15) is 0 Å². The zero-order valence-corrected chi connectivity index (χ0v) is 14.5. The molecule has 6 heteroatoms. The minimum Gasteiger partial charge on any atom is -0.491 e. The van der Waals surface area contributed by atoms with E-state index in [9.17, 15) is 4.79 Å². The summed E-state index contributed by atoms with van der Waals surface area (Å²) >= 11 is 6.31. The maximum Gasteiger partial charge on any atom is 0.255 e. The van der Waals surface area contributed by atoms with Crippen LogP contribution in [0.1, 0.15) is 34.6 Å². The monoisotopic (exact) mass is 346 g/mol. The third kappa shape index (κ3) is 2.87. The predicted molar refractivity (Wildman–Crippen MR) is 94.2 cm³/mol. The molecule has 0 radical (unpaired) electrons. The summed E-state index contributed by atoms with van der Waals surface area (Å²) in [5, 5.41) is 6.74. The van der Waals surface area contributed by atoms with Crippen molar-refractivity contribution >= 4 is 23.2 Å². The smallest absolute Gasteiger partial charge is 0.255 e. The zero-order chi connectivity index (χ0) is 17.3. The average Bonchev–Trinajstić information content (AvgIpc) is 2.56. The fourth-order valence-electron chi connectivity index (χ4n) is 2.82. The Morgan fingerprint density at radius 2 is 2.04 bits per heavy atom. The van der Waals surface area contributed by atoms with E-state index >= 15 is 0 Å². The van der Waals surface area contributed by atoms with Gasteiger partial charge in [0, 0.05) is 0 Å². The lowest BCUT2D eigenvalue weighted by atomic mass is 10.0. The van der Waals surface area contributed by atoms with Gasteiger partial charge in [-0.1, -0.05) is 23.7 Å². The Morgan fingerprint density at radius 3 is 2.75 bits per heavy atom. The van der Waals surface area contributed by atoms with Crippen molar-refractivity contribution < 1.29 is 14.3 Å². The number of halogens is 1. The van der Waals surface area contributed by atoms with Crippen molar-refractivity contribution in [3.63, 3.8) is 0 Å². The molecule has 0 spiro atoms. The van der Waals surface area contributed by atoms with Gasteiger partial charge in [0.15, 0.2) is 11.5 Å². The summed E-state index contributed by atoms with van der Waals surface area (Å²) in [6.07, 6.45) is -0.395. The molecule has 3 rings (SSSR count). The summed E-state index contributed by atoms with van der Waals surface area (Å²) in [7, 11) is 1.55. The van der Waals surface area contributed by atoms with E-state index in [2.05, 4.69) is 10.6 Å². The summed E-state index contributed by atoms with van der Waals surface area (Å²) in [6.45, 7) is 4.34. The normalized spacial score (nSPS) is 16.0. The predicted octanol–water partition coefficient (Wildman–Crippen LogP) is 3.91. The number of carbonyl (C=O) groups excluding carboxylic acids is 1. The van der Waals surface area contributed by atoms with Crippen LogP contribution in [0.2, 0.25) is 5.02 Å². The van der Waals surface area contributed by atoms with Gasteiger partial charge in [-0.25, -0.2) is 0 Å². The van der Waals surface area contributed by atoms with Crippen LogP contribution in [0.25, 0.3) is 0 Å². The van der Waals surface area contributed by atoms with Crippen molar-refractivity contribution in [2.24, 2.45) is 0 Å². The van der Waals surface area contributed by atoms with Crippen LogP contribution in [-0.4, -0.2) is 19.6 Å². The van der Waals surface area contributed by atoms with Gasteiger partial charge in [0.1, 0.15) is 6.17 Å². The van der Waals surface area contributed by atoms with Crippen molar-refractivity contribution in [2.45, 2.75) is 20.0 Å². The van der Waals surface area contributed by atoms with Crippen LogP contribution in [0, 0.1) is 6.92 Å². The van der Waals surface area contributed by atoms with Crippen molar-refractivity contribution in [3.8, 4) is 11.5 Å². The number of aryl methyl sites for hydroxylation is 1. The van der Waals surface area contributed by atoms with Gasteiger partial charge in [-0.3, -0.25) is 4.79 Å². The molecular formula is C18H19ClN2O3. The lowest BCUT2D eigenvalue weighted by Gasteiger charge is -2.30. The SMILES string of the molecule is CCOc1cc(C2NC(=O)c3cccc(C)c3N2)cc(Cl)c1OC. The standard InChI is InChI=1S/C18H19ClN2O3/c1-4-24-14-9-11(8-13(19)16(14)23-3)17-20-15-10(2)6-5-7-12(15)18(22)21-17/h5-9,17,20H,4H2,1-3H3,(H,21,22). The molecule has 0 fully saturated rings. The molecule has 2 aromatic rings. The molecule has 1 heterocycles. The second-order valence-corrected chi connectivity index (χ2v) is 5.92. The summed E-state index contributed by atoms with van der Waals surface area (Å²) in [5.41, 5.74) is 3.27. The number of ether oxygens (including phenoxy) is 2. The molecule has 1 aliphatic heterocycles. The van der Waals surface area contributed by atoms with E-state index in [1.165, 1.54) is 0 Å². The van der Waals surface area contributed by atoms with Crippen molar-refractivity contribution in [1.82, 2.24) is 5.32 Å². The third-order valence-corrected chi connectivity index (χ3v) is 4.23. The number of benzene rings is 2. The Kier molecular flexibility index (Phi) is 4.53. The van der Waals surface area contributed by atoms with Gasteiger partial charge >= 0.3 is 0 Å². The van der Waals surface area contributed by atoms with E-state index in [0.29, 0.717) is 28.7 Å². The fourth-order valence-corrected chi connectivity index (χ4v) is 3.12. The molecule has 1 amide bonds. The molecule has 0 saturated heterocycles. The summed E-state index contributed by atoms with van der Waals surface area (Å²) in [6, 6.07) is 9.23. The lowest BCUT2D eigenvalue weighted by molar-refractivity contribution is 0.0935. The number of amides is 1. The number of fused-ring (bicyclic) bond motifs is 1. The Bertz CT molecular complexity index is 792. The van der Waals surface area contributed by atoms with Crippen molar-refractivity contribution in [3.05, 3.63) is 52.0 Å². The molecule has 5 nitrogen and oxygen atoms in total. The maximum absolute atomic E-state index is 12.4. The van der Waals surface area contributed by atoms with Crippen LogP contribution in [0.3, 0.4) is 0 Å². The molecule has 1 atom stereocenters. The molecule has 0 aliphatic carbocycles. The molecule has 0 saturated carbocycles. The van der Waals surface area contributed by atoms with E-state index in [1.54, 1.807) is 19.2 Å². The zero-order valence-electron chi connectivity index (χ0n) is 13.8. The Hall–Kier alpha value is -2.40. The summed E-state index contributed by atoms with van der Waals surface area (Å²) in [4.78, 5) is 12.4. The Balaban J connectivity index is 2.01. The van der Waals surface area contributed by atoms with Gasteiger partial charge in [0.2, 0.25) is 0 Å². The second kappa shape index (κ2) is 6.61. The van der Waals surface area contributed by atoms with Crippen LogP contribution >= 0.6 is 11.6 Å². The molecule has 1 aliphatic rings. The van der Waals surface area contributed by atoms with Crippen LogP contribution in [0.4, 0.5) is 5.69 Å². The average molecular weight is 347 g/mol. The van der Waals surface area contributed by atoms with E-state index in [0.717, 1.165) is 16.8 Å². The highest BCUT2D eigenvalue weighted by molar-refractivity contribution is 6.32. The molecule has 2 N–H and O–H groups in total. The Morgan fingerprint density at radius 1 is 1.25 bits per heavy atom. The lowest BCUT2D eigenvalue weighted by Crippen LogP contribution is -2.38. The first kappa shape index (κ1) is 16.5. The minimum absolute atomic E-state index is 0.123. The summed E-state index contributed by atoms with van der Waals surface area (Å²) < 4.78 is 10.9. The van der Waals surface area contributed by atoms with Gasteiger partial charge < -0.3 is 20.1 Å². The van der Waals surface area contributed by atoms with Gasteiger partial charge in [-0.15, -0.1) is 0 Å². The highest BCUT2D eigenvalue weighted by atomic mass is 35.5. The van der Waals surface area contributed by atoms with Crippen molar-refractivity contribution in [1.29, 1.82) is 0 Å². The van der Waals surface area contributed by atoms with Crippen LogP contribution in [-0.2, 0) is 0 Å². The molecule has 126 valence electrons. The van der Waals surface area contributed by atoms with Crippen LogP contribution in [0.5, 0.6) is 11.5 Å². The quantitative estimate of drug-likeness (QED) is 0.881. The highest BCUT2D eigenvalue weighted by Crippen LogP contribution is 2.39. The topological polar surface area (TPSA) is 59.6 Å². The van der Waals surface area contributed by atoms with Gasteiger partial charge in [0.05, 0.1) is 30.0 Å². The number of carbonyl (C=O) groups is 1. The number of para-hydroxylation sites is 1. The van der Waals surface area contributed by atoms with Gasteiger partial charge in [-0.05, 0) is 43.2 Å². The molecule has 24 heavy (non-hydrogen) atoms. The number of methoxy groups -OCH3 is 1. The molecular weight excluding hydrogens is 328 g/mol. The van der Waals surface area contributed by atoms with E-state index in [-0.39, 0.29) is 5.91 Å². The first-order valence-corrected chi connectivity index (χ1v) is 8.10. The third-order valence-electron chi connectivity index (χ3n) is 3.95. The number of nitrogens with one attached hydrogen (secondary N) is 2. The van der Waals surface area contributed by atoms with Crippen molar-refractivity contribution in [2.75, 3.05) is 19.0 Å². The Labute approximate surface area is 145 Å². The van der Waals surface area contributed by atoms with E-state index in [4.69, 9.17) is 21.1 Å². The molecule has 2 aromatic carbocycles. The highest BCUT2D eigenvalue weighted by Gasteiger charge is 2.27. The number of anilines is 1. The fraction of sp³-hybridized carbons (Fsp3) is 0.278. The summed E-state index contributed by atoms with van der Waals surface area (Å²) in [5.74, 6) is 0.914. The largest absolute Gasteiger partial charge is 0.491 e. The van der Waals surface area contributed by atoms with E-state index in [1.807, 2.05) is 32.0 Å². The molecule has 0 bridgehead atoms.